The highest BCUT2D eigenvalue weighted by molar-refractivity contribution is 5.75. The van der Waals surface area contributed by atoms with Crippen molar-refractivity contribution in [3.05, 3.63) is 18.0 Å². The highest BCUT2D eigenvalue weighted by atomic mass is 16.2. The van der Waals surface area contributed by atoms with E-state index in [-0.39, 0.29) is 12.1 Å². The molecule has 2 fully saturated rings. The Balaban J connectivity index is 1.60. The normalized spacial score (nSPS) is 23.6. The van der Waals surface area contributed by atoms with Gasteiger partial charge in [-0.2, -0.15) is 5.10 Å². The Morgan fingerprint density at radius 2 is 2.05 bits per heavy atom. The topological polar surface area (TPSA) is 50.2 Å². The molecule has 0 unspecified atom stereocenters. The van der Waals surface area contributed by atoms with E-state index in [0.717, 1.165) is 24.4 Å². The number of nitrogens with one attached hydrogen (secondary N) is 1. The third-order valence-electron chi connectivity index (χ3n) is 5.24. The maximum atomic E-state index is 12.6. The van der Waals surface area contributed by atoms with Crippen LogP contribution in [-0.2, 0) is 0 Å². The minimum atomic E-state index is 0.00244. The van der Waals surface area contributed by atoms with Crippen LogP contribution in [0.1, 0.15) is 70.5 Å². The lowest BCUT2D eigenvalue weighted by Gasteiger charge is -2.37. The van der Waals surface area contributed by atoms with Crippen molar-refractivity contribution in [2.24, 2.45) is 5.92 Å². The Bertz CT molecular complexity index is 520. The summed E-state index contributed by atoms with van der Waals surface area (Å²) in [4.78, 5) is 14.7. The summed E-state index contributed by atoms with van der Waals surface area (Å²) in [5, 5.41) is 7.52. The second-order valence-corrected chi connectivity index (χ2v) is 7.11. The van der Waals surface area contributed by atoms with Crippen LogP contribution in [0, 0.1) is 5.92 Å². The molecule has 0 bridgehead atoms. The molecule has 0 spiro atoms. The molecule has 1 saturated carbocycles. The second kappa shape index (κ2) is 6.31. The van der Waals surface area contributed by atoms with Crippen molar-refractivity contribution in [1.82, 2.24) is 20.0 Å². The number of carbonyl (C=O) groups excluding carboxylic acids is 1. The van der Waals surface area contributed by atoms with E-state index in [2.05, 4.69) is 29.2 Å². The van der Waals surface area contributed by atoms with Crippen LogP contribution in [0.2, 0.25) is 0 Å². The summed E-state index contributed by atoms with van der Waals surface area (Å²) < 4.78 is 1.94. The van der Waals surface area contributed by atoms with Crippen molar-refractivity contribution < 1.29 is 4.79 Å². The fourth-order valence-corrected chi connectivity index (χ4v) is 3.57. The van der Waals surface area contributed by atoms with Crippen LogP contribution < -0.4 is 5.32 Å². The minimum Gasteiger partial charge on any atom is -0.331 e. The van der Waals surface area contributed by atoms with E-state index in [9.17, 15) is 4.79 Å². The van der Waals surface area contributed by atoms with Gasteiger partial charge in [0.25, 0.3) is 0 Å². The lowest BCUT2D eigenvalue weighted by Crippen LogP contribution is -2.47. The fraction of sp³-hybridized carbons (Fsp3) is 0.765. The average molecular weight is 304 g/mol. The van der Waals surface area contributed by atoms with Gasteiger partial charge in [-0.1, -0.05) is 6.42 Å². The first-order chi connectivity index (χ1) is 10.6. The molecular weight excluding hydrogens is 276 g/mol. The number of hydrogen-bond acceptors (Lipinski definition) is 2. The first-order valence-corrected chi connectivity index (χ1v) is 8.67. The first-order valence-electron chi connectivity index (χ1n) is 8.67. The molecule has 2 heterocycles. The van der Waals surface area contributed by atoms with E-state index in [1.54, 1.807) is 0 Å². The summed E-state index contributed by atoms with van der Waals surface area (Å²) in [6.45, 7) is 7.15. The number of rotatable bonds is 4. The number of aromatic nitrogens is 2. The van der Waals surface area contributed by atoms with Crippen LogP contribution in [0.4, 0.5) is 4.79 Å². The number of amides is 2. The molecule has 2 aliphatic rings. The Kier molecular flexibility index (Phi) is 4.41. The highest BCUT2D eigenvalue weighted by Gasteiger charge is 2.37. The van der Waals surface area contributed by atoms with Crippen molar-refractivity contribution in [1.29, 1.82) is 0 Å². The molecule has 2 atom stereocenters. The number of hydrogen-bond donors (Lipinski definition) is 1. The quantitative estimate of drug-likeness (QED) is 0.925. The molecule has 0 radical (unpaired) electrons. The first kappa shape index (κ1) is 15.4. The maximum absolute atomic E-state index is 12.6. The molecule has 1 aromatic rings. The highest BCUT2D eigenvalue weighted by Crippen LogP contribution is 2.37. The molecule has 1 N–H and O–H groups in total. The monoisotopic (exact) mass is 304 g/mol. The summed E-state index contributed by atoms with van der Waals surface area (Å²) in [6, 6.07) is 0.916. The maximum Gasteiger partial charge on any atom is 0.318 e. The van der Waals surface area contributed by atoms with Gasteiger partial charge in [0, 0.05) is 30.4 Å². The molecule has 22 heavy (non-hydrogen) atoms. The van der Waals surface area contributed by atoms with Crippen LogP contribution in [0.5, 0.6) is 0 Å². The van der Waals surface area contributed by atoms with Crippen molar-refractivity contribution in [2.45, 2.75) is 71.0 Å². The number of carbonyl (C=O) groups is 1. The molecule has 5 nitrogen and oxygen atoms in total. The summed E-state index contributed by atoms with van der Waals surface area (Å²) in [6.07, 6.45) is 10.1. The summed E-state index contributed by atoms with van der Waals surface area (Å²) in [7, 11) is 0. The lowest BCUT2D eigenvalue weighted by atomic mass is 9.79. The Labute approximate surface area is 133 Å². The van der Waals surface area contributed by atoms with E-state index in [0.29, 0.717) is 12.1 Å². The molecule has 122 valence electrons. The molecule has 1 aliphatic heterocycles. The zero-order valence-electron chi connectivity index (χ0n) is 14.0. The largest absolute Gasteiger partial charge is 0.331 e. The Morgan fingerprint density at radius 1 is 1.27 bits per heavy atom. The molecule has 3 rings (SSSR count). The van der Waals surface area contributed by atoms with E-state index in [1.807, 2.05) is 24.0 Å². The van der Waals surface area contributed by atoms with Gasteiger partial charge < -0.3 is 10.2 Å². The molecule has 2 amide bonds. The SMILES string of the molecule is CC(C)n1cc([C@H](C)NC(=O)N2CCC[C@H]2C2CCC2)cn1. The minimum absolute atomic E-state index is 0.00244. The van der Waals surface area contributed by atoms with Crippen LogP contribution in [0.3, 0.4) is 0 Å². The van der Waals surface area contributed by atoms with Crippen LogP contribution >= 0.6 is 0 Å². The van der Waals surface area contributed by atoms with Crippen LogP contribution in [0.25, 0.3) is 0 Å². The average Bonchev–Trinajstić information content (AvgIpc) is 3.05. The van der Waals surface area contributed by atoms with E-state index >= 15 is 0 Å². The second-order valence-electron chi connectivity index (χ2n) is 7.11. The standard InChI is InChI=1S/C17H28N4O/c1-12(2)21-11-15(10-18-21)13(3)19-17(22)20-9-5-8-16(20)14-6-4-7-14/h10-14,16H,4-9H2,1-3H3,(H,19,22)/t13-,16-/m0/s1. The number of urea groups is 1. The lowest BCUT2D eigenvalue weighted by molar-refractivity contribution is 0.137. The van der Waals surface area contributed by atoms with Crippen molar-refractivity contribution >= 4 is 6.03 Å². The van der Waals surface area contributed by atoms with Gasteiger partial charge in [0.05, 0.1) is 12.2 Å². The van der Waals surface area contributed by atoms with Gasteiger partial charge in [-0.05, 0) is 52.4 Å². The van der Waals surface area contributed by atoms with E-state index in [1.165, 1.54) is 25.7 Å². The van der Waals surface area contributed by atoms with Gasteiger partial charge in [-0.15, -0.1) is 0 Å². The molecular formula is C17H28N4O. The van der Waals surface area contributed by atoms with Crippen molar-refractivity contribution in [3.8, 4) is 0 Å². The zero-order chi connectivity index (χ0) is 15.7. The van der Waals surface area contributed by atoms with E-state index in [4.69, 9.17) is 0 Å². The number of nitrogens with zero attached hydrogens (tertiary/aromatic N) is 3. The Hall–Kier alpha value is -1.52. The number of likely N-dealkylation sites (tertiary alicyclic amines) is 1. The Morgan fingerprint density at radius 3 is 2.64 bits per heavy atom. The van der Waals surface area contributed by atoms with Gasteiger partial charge in [-0.3, -0.25) is 4.68 Å². The van der Waals surface area contributed by atoms with E-state index < -0.39 is 0 Å². The van der Waals surface area contributed by atoms with Gasteiger partial charge in [0.15, 0.2) is 0 Å². The van der Waals surface area contributed by atoms with Gasteiger partial charge in [0.1, 0.15) is 0 Å². The van der Waals surface area contributed by atoms with Crippen molar-refractivity contribution in [2.75, 3.05) is 6.54 Å². The molecule has 0 aromatic carbocycles. The molecule has 1 aliphatic carbocycles. The fourth-order valence-electron chi connectivity index (χ4n) is 3.57. The van der Waals surface area contributed by atoms with Crippen LogP contribution in [0.15, 0.2) is 12.4 Å². The van der Waals surface area contributed by atoms with Gasteiger partial charge in [-0.25, -0.2) is 4.79 Å². The summed E-state index contributed by atoms with van der Waals surface area (Å²) >= 11 is 0. The third-order valence-corrected chi connectivity index (χ3v) is 5.24. The molecule has 1 saturated heterocycles. The molecule has 5 heteroatoms. The predicted octanol–water partition coefficient (Wildman–Crippen LogP) is 3.50. The summed E-state index contributed by atoms with van der Waals surface area (Å²) in [5.41, 5.74) is 1.07. The van der Waals surface area contributed by atoms with Crippen molar-refractivity contribution in [3.63, 3.8) is 0 Å². The third kappa shape index (κ3) is 2.99. The van der Waals surface area contributed by atoms with Gasteiger partial charge in [0.2, 0.25) is 0 Å². The zero-order valence-corrected chi connectivity index (χ0v) is 14.0. The van der Waals surface area contributed by atoms with Gasteiger partial charge >= 0.3 is 6.03 Å². The summed E-state index contributed by atoms with van der Waals surface area (Å²) in [5.74, 6) is 0.743. The molecule has 1 aromatic heterocycles. The predicted molar refractivity (Wildman–Crippen MR) is 86.6 cm³/mol. The van der Waals surface area contributed by atoms with Crippen LogP contribution in [-0.4, -0.2) is 33.3 Å². The smallest absolute Gasteiger partial charge is 0.318 e.